The van der Waals surface area contributed by atoms with Gasteiger partial charge in [-0.1, -0.05) is 84.9 Å². The van der Waals surface area contributed by atoms with E-state index in [1.807, 2.05) is 0 Å². The lowest BCUT2D eigenvalue weighted by atomic mass is 9.95. The summed E-state index contributed by atoms with van der Waals surface area (Å²) in [6, 6.07) is 29.6. The Morgan fingerprint density at radius 2 is 0.926 bits per heavy atom. The highest BCUT2D eigenvalue weighted by atomic mass is 28.3. The Hall–Kier alpha value is -3.18. The Labute approximate surface area is 161 Å². The molecule has 0 amide bonds. The molecule has 0 unspecified atom stereocenters. The van der Waals surface area contributed by atoms with Crippen LogP contribution in [0, 0.1) is 0 Å². The molecule has 0 aliphatic carbocycles. The molecule has 0 N–H and O–H groups in total. The van der Waals surface area contributed by atoms with Gasteiger partial charge in [0.25, 0.3) is 11.9 Å². The van der Waals surface area contributed by atoms with E-state index in [0.29, 0.717) is 0 Å². The normalized spacial score (nSPS) is 9.56. The van der Waals surface area contributed by atoms with Crippen LogP contribution >= 0.6 is 0 Å². The molecule has 0 bridgehead atoms. The van der Waals surface area contributed by atoms with Crippen LogP contribution in [-0.4, -0.2) is 21.9 Å². The summed E-state index contributed by atoms with van der Waals surface area (Å²) < 4.78 is 8.82. The van der Waals surface area contributed by atoms with Gasteiger partial charge in [0.15, 0.2) is 0 Å². The van der Waals surface area contributed by atoms with Crippen molar-refractivity contribution in [1.29, 1.82) is 0 Å². The fraction of sp³-hybridized carbons (Fsp3) is 0.0909. The zero-order chi connectivity index (χ0) is 19.5. The number of benzene rings is 3. The number of carbonyl (C=O) groups excluding carboxylic acids is 2. The highest BCUT2D eigenvalue weighted by Gasteiger charge is 2.05. The first-order valence-electron chi connectivity index (χ1n) is 8.54. The fourth-order valence-electron chi connectivity index (χ4n) is 2.42. The van der Waals surface area contributed by atoms with Crippen molar-refractivity contribution in [2.24, 2.45) is 0 Å². The van der Waals surface area contributed by atoms with Gasteiger partial charge in [-0.05, 0) is 22.3 Å². The third-order valence-electron chi connectivity index (χ3n) is 3.62. The van der Waals surface area contributed by atoms with Gasteiger partial charge in [-0.25, -0.2) is 0 Å². The number of rotatable bonds is 4. The predicted octanol–water partition coefficient (Wildman–Crippen LogP) is 4.13. The SMILES string of the molecule is CC(=O)O[SiH2]OC(C)=O.c1ccc(-c2ccccc2-c2ccccc2)cc1. The molecule has 5 heteroatoms. The first kappa shape index (κ1) is 20.1. The molecule has 3 aromatic rings. The van der Waals surface area contributed by atoms with Crippen LogP contribution in [0.25, 0.3) is 22.3 Å². The summed E-state index contributed by atoms with van der Waals surface area (Å²) in [7, 11) is -1.38. The Morgan fingerprint density at radius 3 is 1.26 bits per heavy atom. The molecule has 0 saturated carbocycles. The zero-order valence-corrected chi connectivity index (χ0v) is 16.8. The van der Waals surface area contributed by atoms with E-state index in [1.54, 1.807) is 0 Å². The Morgan fingerprint density at radius 1 is 0.593 bits per heavy atom. The number of carbonyl (C=O) groups is 2. The second-order valence-electron chi connectivity index (χ2n) is 5.67. The van der Waals surface area contributed by atoms with Gasteiger partial charge in [-0.15, -0.1) is 0 Å². The Bertz CT molecular complexity index is 791. The van der Waals surface area contributed by atoms with Crippen molar-refractivity contribution in [3.63, 3.8) is 0 Å². The van der Waals surface area contributed by atoms with Crippen molar-refractivity contribution in [1.82, 2.24) is 0 Å². The van der Waals surface area contributed by atoms with Crippen LogP contribution in [0.1, 0.15) is 13.8 Å². The molecule has 0 heterocycles. The lowest BCUT2D eigenvalue weighted by Crippen LogP contribution is -2.11. The van der Waals surface area contributed by atoms with Crippen LogP contribution in [-0.2, 0) is 18.4 Å². The van der Waals surface area contributed by atoms with Gasteiger partial charge in [-0.2, -0.15) is 0 Å². The molecule has 0 aliphatic heterocycles. The molecule has 0 radical (unpaired) electrons. The molecule has 0 aliphatic rings. The maximum Gasteiger partial charge on any atom is 0.431 e. The topological polar surface area (TPSA) is 52.6 Å². The van der Waals surface area contributed by atoms with E-state index >= 15 is 0 Å². The quantitative estimate of drug-likeness (QED) is 0.641. The molecule has 0 aromatic heterocycles. The molecule has 0 spiro atoms. The van der Waals surface area contributed by atoms with Crippen LogP contribution < -0.4 is 0 Å². The summed E-state index contributed by atoms with van der Waals surface area (Å²) in [5.41, 5.74) is 5.09. The lowest BCUT2D eigenvalue weighted by Gasteiger charge is -2.09. The highest BCUT2D eigenvalue weighted by Crippen LogP contribution is 2.31. The van der Waals surface area contributed by atoms with Crippen molar-refractivity contribution in [3.8, 4) is 22.3 Å². The van der Waals surface area contributed by atoms with Gasteiger partial charge in [0.05, 0.1) is 0 Å². The van der Waals surface area contributed by atoms with Crippen LogP contribution in [0.4, 0.5) is 0 Å². The molecule has 27 heavy (non-hydrogen) atoms. The van der Waals surface area contributed by atoms with Gasteiger partial charge < -0.3 is 8.85 Å². The summed E-state index contributed by atoms with van der Waals surface area (Å²) in [6.07, 6.45) is 0. The molecule has 0 saturated heterocycles. The van der Waals surface area contributed by atoms with Crippen LogP contribution in [0.15, 0.2) is 84.9 Å². The first-order valence-corrected chi connectivity index (χ1v) is 9.70. The van der Waals surface area contributed by atoms with Crippen molar-refractivity contribution in [3.05, 3.63) is 84.9 Å². The number of hydrogen-bond donors (Lipinski definition) is 0. The van der Waals surface area contributed by atoms with Gasteiger partial charge in [-0.3, -0.25) is 9.59 Å². The summed E-state index contributed by atoms with van der Waals surface area (Å²) in [4.78, 5) is 20.1. The van der Waals surface area contributed by atoms with E-state index in [0.717, 1.165) is 0 Å². The highest BCUT2D eigenvalue weighted by molar-refractivity contribution is 6.25. The van der Waals surface area contributed by atoms with Crippen molar-refractivity contribution < 1.29 is 18.4 Å². The molecular formula is C22H22O4Si. The Balaban J connectivity index is 0.000000249. The van der Waals surface area contributed by atoms with Gasteiger partial charge in [0.2, 0.25) is 0 Å². The van der Waals surface area contributed by atoms with Gasteiger partial charge in [0, 0.05) is 13.8 Å². The van der Waals surface area contributed by atoms with E-state index in [-0.39, 0.29) is 0 Å². The molecule has 3 aromatic carbocycles. The summed E-state index contributed by atoms with van der Waals surface area (Å²) in [5.74, 6) is -0.800. The summed E-state index contributed by atoms with van der Waals surface area (Å²) >= 11 is 0. The van der Waals surface area contributed by atoms with Crippen molar-refractivity contribution >= 4 is 21.9 Å². The van der Waals surface area contributed by atoms with E-state index in [2.05, 4.69) is 93.8 Å². The van der Waals surface area contributed by atoms with E-state index in [9.17, 15) is 9.59 Å². The first-order chi connectivity index (χ1) is 13.1. The number of hydrogen-bond acceptors (Lipinski definition) is 4. The molecule has 138 valence electrons. The van der Waals surface area contributed by atoms with E-state index in [4.69, 9.17) is 0 Å². The average Bonchev–Trinajstić information content (AvgIpc) is 2.69. The fourth-order valence-corrected chi connectivity index (χ4v) is 2.81. The third kappa shape index (κ3) is 6.91. The van der Waals surface area contributed by atoms with Crippen LogP contribution in [0.3, 0.4) is 0 Å². The van der Waals surface area contributed by atoms with E-state index in [1.165, 1.54) is 36.1 Å². The van der Waals surface area contributed by atoms with Gasteiger partial charge in [0.1, 0.15) is 0 Å². The zero-order valence-electron chi connectivity index (χ0n) is 15.4. The minimum Gasteiger partial charge on any atom is -0.490 e. The molecular weight excluding hydrogens is 356 g/mol. The van der Waals surface area contributed by atoms with Crippen LogP contribution in [0.5, 0.6) is 0 Å². The Kier molecular flexibility index (Phi) is 8.00. The smallest absolute Gasteiger partial charge is 0.431 e. The minimum atomic E-state index is -1.38. The van der Waals surface area contributed by atoms with E-state index < -0.39 is 21.9 Å². The third-order valence-corrected chi connectivity index (χ3v) is 4.67. The van der Waals surface area contributed by atoms with Crippen LogP contribution in [0.2, 0.25) is 0 Å². The second-order valence-corrected chi connectivity index (χ2v) is 6.48. The van der Waals surface area contributed by atoms with Gasteiger partial charge >= 0.3 is 10.0 Å². The molecule has 0 atom stereocenters. The standard InChI is InChI=1S/C18H14.C4H8O4Si/c1-3-9-15(10-4-1)17-13-7-8-14-18(17)16-11-5-2-6-12-16;1-3(5)7-9-8-4(2)6/h1-14H;9H2,1-2H3. The maximum absolute atomic E-state index is 10.0. The van der Waals surface area contributed by atoms with Crippen molar-refractivity contribution in [2.75, 3.05) is 0 Å². The minimum absolute atomic E-state index is 0.400. The van der Waals surface area contributed by atoms with Crippen molar-refractivity contribution in [2.45, 2.75) is 13.8 Å². The maximum atomic E-state index is 10.0. The lowest BCUT2D eigenvalue weighted by molar-refractivity contribution is -0.136. The molecule has 0 fully saturated rings. The second kappa shape index (κ2) is 10.7. The summed E-state index contributed by atoms with van der Waals surface area (Å²) in [6.45, 7) is 2.55. The molecule has 4 nitrogen and oxygen atoms in total. The monoisotopic (exact) mass is 378 g/mol. The average molecular weight is 379 g/mol. The summed E-state index contributed by atoms with van der Waals surface area (Å²) in [5, 5.41) is 0. The predicted molar refractivity (Wildman–Crippen MR) is 109 cm³/mol. The largest absolute Gasteiger partial charge is 0.490 e. The molecule has 3 rings (SSSR count).